The Bertz CT molecular complexity index is 462. The molecule has 0 aliphatic heterocycles. The van der Waals surface area contributed by atoms with E-state index in [1.165, 1.54) is 25.3 Å². The molecule has 0 saturated carbocycles. The maximum Gasteiger partial charge on any atom is 0.310 e. The molecule has 18 heavy (non-hydrogen) atoms. The Hall–Kier alpha value is -2.15. The summed E-state index contributed by atoms with van der Waals surface area (Å²) in [6.45, 7) is 2.08. The summed E-state index contributed by atoms with van der Waals surface area (Å²) in [5, 5.41) is 13.4. The minimum Gasteiger partial charge on any atom is -0.490 e. The molecule has 7 nitrogen and oxygen atoms in total. The molecule has 0 unspecified atom stereocenters. The number of benzene rings is 1. The van der Waals surface area contributed by atoms with Gasteiger partial charge < -0.3 is 15.8 Å². The molecule has 0 heterocycles. The van der Waals surface area contributed by atoms with Crippen LogP contribution >= 0.6 is 0 Å². The first kappa shape index (κ1) is 13.9. The molecule has 7 heteroatoms. The van der Waals surface area contributed by atoms with Crippen LogP contribution in [0.5, 0.6) is 5.75 Å². The van der Waals surface area contributed by atoms with E-state index in [0.717, 1.165) is 0 Å². The van der Waals surface area contributed by atoms with Crippen LogP contribution in [-0.2, 0) is 0 Å². The van der Waals surface area contributed by atoms with Crippen molar-refractivity contribution in [1.29, 1.82) is 0 Å². The number of carbonyl (C=O) groups is 1. The predicted octanol–water partition coefficient (Wildman–Crippen LogP) is 0.680. The molecule has 98 valence electrons. The van der Waals surface area contributed by atoms with Crippen molar-refractivity contribution < 1.29 is 14.5 Å². The molecule has 1 aromatic carbocycles. The van der Waals surface area contributed by atoms with Gasteiger partial charge in [0.1, 0.15) is 0 Å². The van der Waals surface area contributed by atoms with E-state index in [9.17, 15) is 14.9 Å². The Labute approximate surface area is 104 Å². The second kappa shape index (κ2) is 5.97. The summed E-state index contributed by atoms with van der Waals surface area (Å²) in [4.78, 5) is 21.9. The molecular formula is C11H15N3O4. The van der Waals surface area contributed by atoms with Crippen molar-refractivity contribution in [1.82, 2.24) is 5.32 Å². The van der Waals surface area contributed by atoms with Gasteiger partial charge in [-0.3, -0.25) is 14.9 Å². The summed E-state index contributed by atoms with van der Waals surface area (Å²) in [7, 11) is 1.31. The van der Waals surface area contributed by atoms with Crippen molar-refractivity contribution >= 4 is 11.6 Å². The fraction of sp³-hybridized carbons (Fsp3) is 0.364. The van der Waals surface area contributed by atoms with Gasteiger partial charge in [-0.1, -0.05) is 0 Å². The molecule has 1 atom stereocenters. The minimum atomic E-state index is -0.566. The zero-order chi connectivity index (χ0) is 13.7. The number of carbonyl (C=O) groups excluding carboxylic acids is 1. The van der Waals surface area contributed by atoms with E-state index < -0.39 is 4.92 Å². The first-order valence-corrected chi connectivity index (χ1v) is 5.33. The van der Waals surface area contributed by atoms with E-state index in [-0.39, 0.29) is 28.9 Å². The highest BCUT2D eigenvalue weighted by Crippen LogP contribution is 2.27. The van der Waals surface area contributed by atoms with E-state index in [0.29, 0.717) is 6.54 Å². The van der Waals surface area contributed by atoms with Gasteiger partial charge in [0.25, 0.3) is 5.91 Å². The van der Waals surface area contributed by atoms with E-state index in [2.05, 4.69) is 5.32 Å². The zero-order valence-corrected chi connectivity index (χ0v) is 10.2. The third-order valence-corrected chi connectivity index (χ3v) is 2.37. The van der Waals surface area contributed by atoms with Gasteiger partial charge in [0, 0.05) is 30.3 Å². The smallest absolute Gasteiger partial charge is 0.310 e. The zero-order valence-electron chi connectivity index (χ0n) is 10.2. The van der Waals surface area contributed by atoms with E-state index in [4.69, 9.17) is 10.5 Å². The average molecular weight is 253 g/mol. The molecule has 1 amide bonds. The van der Waals surface area contributed by atoms with Crippen molar-refractivity contribution in [2.75, 3.05) is 13.7 Å². The van der Waals surface area contributed by atoms with Crippen LogP contribution in [0.15, 0.2) is 18.2 Å². The van der Waals surface area contributed by atoms with E-state index in [1.54, 1.807) is 6.92 Å². The first-order chi connectivity index (χ1) is 8.49. The second-order valence-electron chi connectivity index (χ2n) is 3.75. The van der Waals surface area contributed by atoms with Crippen LogP contribution in [0.25, 0.3) is 0 Å². The maximum absolute atomic E-state index is 11.8. The molecule has 1 rings (SSSR count). The largest absolute Gasteiger partial charge is 0.490 e. The average Bonchev–Trinajstić information content (AvgIpc) is 2.37. The van der Waals surface area contributed by atoms with Gasteiger partial charge in [0.2, 0.25) is 0 Å². The highest BCUT2D eigenvalue weighted by molar-refractivity contribution is 5.95. The maximum atomic E-state index is 11.8. The van der Waals surface area contributed by atoms with Gasteiger partial charge in [-0.05, 0) is 13.0 Å². The van der Waals surface area contributed by atoms with Crippen LogP contribution in [0, 0.1) is 10.1 Å². The molecule has 3 N–H and O–H groups in total. The number of ether oxygens (including phenoxy) is 1. The number of hydrogen-bond acceptors (Lipinski definition) is 5. The number of methoxy groups -OCH3 is 1. The van der Waals surface area contributed by atoms with Crippen molar-refractivity contribution in [2.24, 2.45) is 5.73 Å². The Kier molecular flexibility index (Phi) is 4.61. The Morgan fingerprint density at radius 2 is 2.28 bits per heavy atom. The normalized spacial score (nSPS) is 11.7. The minimum absolute atomic E-state index is 0.0491. The number of nitro benzene ring substituents is 1. The summed E-state index contributed by atoms with van der Waals surface area (Å²) < 4.78 is 4.88. The molecule has 0 aliphatic carbocycles. The summed E-state index contributed by atoms with van der Waals surface area (Å²) in [5.41, 5.74) is 5.50. The molecule has 0 bridgehead atoms. The van der Waals surface area contributed by atoms with Crippen molar-refractivity contribution in [3.63, 3.8) is 0 Å². The lowest BCUT2D eigenvalue weighted by molar-refractivity contribution is -0.385. The molecule has 0 aliphatic rings. The predicted molar refractivity (Wildman–Crippen MR) is 65.6 cm³/mol. The summed E-state index contributed by atoms with van der Waals surface area (Å²) >= 11 is 0. The number of nitrogens with two attached hydrogens (primary N) is 1. The van der Waals surface area contributed by atoms with Gasteiger partial charge in [0.15, 0.2) is 5.75 Å². The summed E-state index contributed by atoms with van der Waals surface area (Å²) in [5.74, 6) is -0.297. The van der Waals surface area contributed by atoms with Gasteiger partial charge in [-0.15, -0.1) is 0 Å². The Morgan fingerprint density at radius 1 is 1.61 bits per heavy atom. The van der Waals surface area contributed by atoms with Gasteiger partial charge in [-0.25, -0.2) is 0 Å². The SMILES string of the molecule is COc1cc(C(=O)N[C@@H](C)CN)ccc1[N+](=O)[O-]. The Morgan fingerprint density at radius 3 is 2.78 bits per heavy atom. The van der Waals surface area contributed by atoms with Gasteiger partial charge in [-0.2, -0.15) is 0 Å². The number of amides is 1. The van der Waals surface area contributed by atoms with Crippen LogP contribution in [0.4, 0.5) is 5.69 Å². The van der Waals surface area contributed by atoms with E-state index in [1.807, 2.05) is 0 Å². The number of hydrogen-bond donors (Lipinski definition) is 2. The fourth-order valence-corrected chi connectivity index (χ4v) is 1.34. The summed E-state index contributed by atoms with van der Waals surface area (Å²) in [6, 6.07) is 3.77. The van der Waals surface area contributed by atoms with Crippen LogP contribution < -0.4 is 15.8 Å². The second-order valence-corrected chi connectivity index (χ2v) is 3.75. The highest BCUT2D eigenvalue weighted by Gasteiger charge is 2.17. The van der Waals surface area contributed by atoms with Crippen LogP contribution in [-0.4, -0.2) is 30.5 Å². The fourth-order valence-electron chi connectivity index (χ4n) is 1.34. The van der Waals surface area contributed by atoms with Crippen molar-refractivity contribution in [2.45, 2.75) is 13.0 Å². The molecule has 0 saturated heterocycles. The third kappa shape index (κ3) is 3.17. The van der Waals surface area contributed by atoms with Crippen molar-refractivity contribution in [3.05, 3.63) is 33.9 Å². The molecule has 0 aromatic heterocycles. The van der Waals surface area contributed by atoms with Crippen molar-refractivity contribution in [3.8, 4) is 5.75 Å². The molecule has 0 fully saturated rings. The first-order valence-electron chi connectivity index (χ1n) is 5.33. The number of nitrogens with one attached hydrogen (secondary N) is 1. The number of nitro groups is 1. The van der Waals surface area contributed by atoms with Crippen LogP contribution in [0.3, 0.4) is 0 Å². The van der Waals surface area contributed by atoms with Crippen LogP contribution in [0.1, 0.15) is 17.3 Å². The lowest BCUT2D eigenvalue weighted by atomic mass is 10.1. The molecule has 1 aromatic rings. The van der Waals surface area contributed by atoms with E-state index >= 15 is 0 Å². The topological polar surface area (TPSA) is 107 Å². The quantitative estimate of drug-likeness (QED) is 0.592. The number of rotatable bonds is 5. The molecule has 0 spiro atoms. The highest BCUT2D eigenvalue weighted by atomic mass is 16.6. The molecule has 0 radical (unpaired) electrons. The lowest BCUT2D eigenvalue weighted by Crippen LogP contribution is -2.37. The summed E-state index contributed by atoms with van der Waals surface area (Å²) in [6.07, 6.45) is 0. The standard InChI is InChI=1S/C11H15N3O4/c1-7(6-12)13-11(15)8-3-4-9(14(16)17)10(5-8)18-2/h3-5,7H,6,12H2,1-2H3,(H,13,15)/t7-/m0/s1. The lowest BCUT2D eigenvalue weighted by Gasteiger charge is -2.11. The Balaban J connectivity index is 2.98. The third-order valence-electron chi connectivity index (χ3n) is 2.37. The van der Waals surface area contributed by atoms with Crippen LogP contribution in [0.2, 0.25) is 0 Å². The molecular weight excluding hydrogens is 238 g/mol. The van der Waals surface area contributed by atoms with Gasteiger partial charge in [0.05, 0.1) is 12.0 Å². The van der Waals surface area contributed by atoms with Gasteiger partial charge >= 0.3 is 5.69 Å². The monoisotopic (exact) mass is 253 g/mol. The number of nitrogens with zero attached hydrogens (tertiary/aromatic N) is 1.